The molecule has 0 radical (unpaired) electrons. The van der Waals surface area contributed by atoms with Crippen molar-refractivity contribution in [2.45, 2.75) is 33.3 Å². The molecule has 1 heterocycles. The summed E-state index contributed by atoms with van der Waals surface area (Å²) in [5.74, 6) is -1.55. The third kappa shape index (κ3) is 3.55. The number of pyridine rings is 1. The van der Waals surface area contributed by atoms with E-state index in [0.717, 1.165) is 0 Å². The molecule has 0 saturated heterocycles. The molecule has 1 N–H and O–H groups in total. The van der Waals surface area contributed by atoms with Gasteiger partial charge >= 0.3 is 11.9 Å². The maximum Gasteiger partial charge on any atom is 0.337 e. The van der Waals surface area contributed by atoms with E-state index in [-0.39, 0.29) is 23.8 Å². The third-order valence-corrected chi connectivity index (χ3v) is 2.13. The van der Waals surface area contributed by atoms with Crippen molar-refractivity contribution in [3.8, 4) is 0 Å². The van der Waals surface area contributed by atoms with Crippen LogP contribution in [0.5, 0.6) is 0 Å². The van der Waals surface area contributed by atoms with Crippen LogP contribution >= 0.6 is 0 Å². The topological polar surface area (TPSA) is 76.5 Å². The number of hydrogen-bond acceptors (Lipinski definition) is 4. The molecule has 1 aromatic heterocycles. The van der Waals surface area contributed by atoms with Crippen LogP contribution in [0.4, 0.5) is 0 Å². The zero-order valence-electron chi connectivity index (χ0n) is 10.1. The smallest absolute Gasteiger partial charge is 0.337 e. The van der Waals surface area contributed by atoms with E-state index >= 15 is 0 Å². The molecular formula is C12H15NO4. The fourth-order valence-electron chi connectivity index (χ4n) is 1.48. The van der Waals surface area contributed by atoms with E-state index in [1.165, 1.54) is 6.20 Å². The summed E-state index contributed by atoms with van der Waals surface area (Å²) in [5, 5.41) is 9.05. The lowest BCUT2D eigenvalue weighted by Gasteiger charge is -2.09. The predicted molar refractivity (Wildman–Crippen MR) is 60.9 cm³/mol. The van der Waals surface area contributed by atoms with Gasteiger partial charge in [0.2, 0.25) is 0 Å². The van der Waals surface area contributed by atoms with E-state index in [1.807, 2.05) is 0 Å². The predicted octanol–water partition coefficient (Wildman–Crippen LogP) is 1.58. The first-order chi connectivity index (χ1) is 7.91. The first-order valence-corrected chi connectivity index (χ1v) is 5.29. The Hall–Kier alpha value is -1.91. The Bertz CT molecular complexity index is 440. The van der Waals surface area contributed by atoms with Gasteiger partial charge in [0.05, 0.1) is 23.8 Å². The van der Waals surface area contributed by atoms with Crippen molar-refractivity contribution in [2.75, 3.05) is 0 Å². The summed E-state index contributed by atoms with van der Waals surface area (Å²) in [6.07, 6.45) is 1.14. The van der Waals surface area contributed by atoms with Crippen LogP contribution in [0.1, 0.15) is 35.5 Å². The lowest BCUT2D eigenvalue weighted by Crippen LogP contribution is -2.17. The van der Waals surface area contributed by atoms with Gasteiger partial charge in [-0.25, -0.2) is 4.79 Å². The average molecular weight is 237 g/mol. The van der Waals surface area contributed by atoms with E-state index in [9.17, 15) is 9.59 Å². The second-order valence-corrected chi connectivity index (χ2v) is 3.97. The Morgan fingerprint density at radius 3 is 2.65 bits per heavy atom. The summed E-state index contributed by atoms with van der Waals surface area (Å²) in [6, 6.07) is 1.60. The molecule has 0 saturated carbocycles. The normalized spacial score (nSPS) is 10.4. The first-order valence-electron chi connectivity index (χ1n) is 5.29. The number of carboxylic acid groups (broad SMARTS) is 1. The van der Waals surface area contributed by atoms with E-state index < -0.39 is 11.9 Å². The van der Waals surface area contributed by atoms with Crippen molar-refractivity contribution in [1.82, 2.24) is 4.98 Å². The van der Waals surface area contributed by atoms with Crippen LogP contribution in [0.3, 0.4) is 0 Å². The van der Waals surface area contributed by atoms with Gasteiger partial charge in [-0.05, 0) is 32.4 Å². The summed E-state index contributed by atoms with van der Waals surface area (Å²) in [7, 11) is 0. The third-order valence-electron chi connectivity index (χ3n) is 2.13. The van der Waals surface area contributed by atoms with Gasteiger partial charge in [0.15, 0.2) is 0 Å². The number of carbonyl (C=O) groups is 2. The lowest BCUT2D eigenvalue weighted by molar-refractivity contribution is -0.146. The van der Waals surface area contributed by atoms with Gasteiger partial charge in [-0.3, -0.25) is 9.78 Å². The van der Waals surface area contributed by atoms with Crippen molar-refractivity contribution in [1.29, 1.82) is 0 Å². The van der Waals surface area contributed by atoms with E-state index in [0.29, 0.717) is 5.56 Å². The molecule has 1 rings (SSSR count). The highest BCUT2D eigenvalue weighted by molar-refractivity contribution is 5.91. The second kappa shape index (κ2) is 5.43. The number of aromatic nitrogens is 1. The number of aromatic carboxylic acids is 1. The van der Waals surface area contributed by atoms with Crippen LogP contribution in [0.2, 0.25) is 0 Å². The lowest BCUT2D eigenvalue weighted by atomic mass is 10.1. The number of carboxylic acids is 1. The van der Waals surface area contributed by atoms with Crippen molar-refractivity contribution >= 4 is 11.9 Å². The molecule has 17 heavy (non-hydrogen) atoms. The maximum atomic E-state index is 11.5. The van der Waals surface area contributed by atoms with Gasteiger partial charge in [-0.15, -0.1) is 0 Å². The molecule has 1 aromatic rings. The van der Waals surface area contributed by atoms with E-state index in [4.69, 9.17) is 9.84 Å². The number of nitrogens with zero attached hydrogens (tertiary/aromatic N) is 1. The fourth-order valence-corrected chi connectivity index (χ4v) is 1.48. The average Bonchev–Trinajstić information content (AvgIpc) is 2.15. The van der Waals surface area contributed by atoms with E-state index in [2.05, 4.69) is 4.98 Å². The first kappa shape index (κ1) is 13.2. The Morgan fingerprint density at radius 2 is 2.12 bits per heavy atom. The maximum absolute atomic E-state index is 11.5. The van der Waals surface area contributed by atoms with Gasteiger partial charge < -0.3 is 9.84 Å². The molecule has 92 valence electrons. The molecule has 0 atom stereocenters. The van der Waals surface area contributed by atoms with Crippen LogP contribution in [-0.4, -0.2) is 28.1 Å². The van der Waals surface area contributed by atoms with Gasteiger partial charge in [-0.2, -0.15) is 0 Å². The van der Waals surface area contributed by atoms with Crippen LogP contribution < -0.4 is 0 Å². The summed E-state index contributed by atoms with van der Waals surface area (Å²) < 4.78 is 4.96. The summed E-state index contributed by atoms with van der Waals surface area (Å²) in [6.45, 7) is 5.14. The number of ether oxygens (including phenoxy) is 1. The van der Waals surface area contributed by atoms with Crippen LogP contribution in [0.25, 0.3) is 0 Å². The van der Waals surface area contributed by atoms with E-state index in [1.54, 1.807) is 26.8 Å². The molecule has 0 unspecified atom stereocenters. The molecule has 0 amide bonds. The van der Waals surface area contributed by atoms with Gasteiger partial charge in [0.1, 0.15) is 0 Å². The van der Waals surface area contributed by atoms with Gasteiger partial charge in [-0.1, -0.05) is 0 Å². The zero-order chi connectivity index (χ0) is 13.0. The quantitative estimate of drug-likeness (QED) is 0.804. The van der Waals surface area contributed by atoms with Crippen LogP contribution in [0.15, 0.2) is 12.3 Å². The minimum Gasteiger partial charge on any atom is -0.478 e. The van der Waals surface area contributed by atoms with Crippen molar-refractivity contribution in [2.24, 2.45) is 0 Å². The number of esters is 1. The summed E-state index contributed by atoms with van der Waals surface area (Å²) in [4.78, 5) is 26.4. The fraction of sp³-hybridized carbons (Fsp3) is 0.417. The molecule has 0 aliphatic heterocycles. The highest BCUT2D eigenvalue weighted by Gasteiger charge is 2.18. The Morgan fingerprint density at radius 1 is 1.47 bits per heavy atom. The molecule has 0 aromatic carbocycles. The van der Waals surface area contributed by atoms with Crippen molar-refractivity contribution < 1.29 is 19.4 Å². The minimum absolute atomic E-state index is 0.0770. The van der Waals surface area contributed by atoms with Crippen LogP contribution in [0, 0.1) is 6.92 Å². The summed E-state index contributed by atoms with van der Waals surface area (Å²) >= 11 is 0. The van der Waals surface area contributed by atoms with Crippen LogP contribution in [-0.2, 0) is 16.0 Å². The SMILES string of the molecule is Cc1ccnc(CC(=O)OC(C)C)c1C(=O)O. The highest BCUT2D eigenvalue weighted by atomic mass is 16.5. The van der Waals surface area contributed by atoms with Gasteiger partial charge in [0, 0.05) is 6.20 Å². The molecule has 0 bridgehead atoms. The zero-order valence-corrected chi connectivity index (χ0v) is 10.1. The molecule has 5 nitrogen and oxygen atoms in total. The summed E-state index contributed by atoms with van der Waals surface area (Å²) in [5.41, 5.74) is 0.899. The molecule has 0 spiro atoms. The van der Waals surface area contributed by atoms with Gasteiger partial charge in [0.25, 0.3) is 0 Å². The largest absolute Gasteiger partial charge is 0.478 e. The Labute approximate surface area is 99.4 Å². The molecule has 0 aliphatic carbocycles. The van der Waals surface area contributed by atoms with Crippen molar-refractivity contribution in [3.05, 3.63) is 29.1 Å². The molecule has 5 heteroatoms. The minimum atomic E-state index is -1.08. The molecule has 0 aliphatic rings. The monoisotopic (exact) mass is 237 g/mol. The Kier molecular flexibility index (Phi) is 4.20. The molecular weight excluding hydrogens is 222 g/mol. The highest BCUT2D eigenvalue weighted by Crippen LogP contribution is 2.13. The standard InChI is InChI=1S/C12H15NO4/c1-7(2)17-10(14)6-9-11(12(15)16)8(3)4-5-13-9/h4-5,7H,6H2,1-3H3,(H,15,16). The van der Waals surface area contributed by atoms with Crippen molar-refractivity contribution in [3.63, 3.8) is 0 Å². The second-order valence-electron chi connectivity index (χ2n) is 3.97. The number of carbonyl (C=O) groups excluding carboxylic acids is 1. The Balaban J connectivity index is 2.95. The number of aryl methyl sites for hydroxylation is 1. The number of hydrogen-bond donors (Lipinski definition) is 1. The molecule has 0 fully saturated rings. The number of rotatable bonds is 4.